The summed E-state index contributed by atoms with van der Waals surface area (Å²) in [5, 5.41) is 12.9. The van der Waals surface area contributed by atoms with Gasteiger partial charge in [-0.1, -0.05) is 0 Å². The maximum absolute atomic E-state index is 10.6. The molecule has 2 rings (SSSR count). The lowest BCUT2D eigenvalue weighted by Gasteiger charge is -1.90. The van der Waals surface area contributed by atoms with Gasteiger partial charge in [0, 0.05) is 7.05 Å². The number of carboxylic acids is 1. The molecule has 0 saturated carbocycles. The van der Waals surface area contributed by atoms with E-state index >= 15 is 0 Å². The lowest BCUT2D eigenvalue weighted by Crippen LogP contribution is -1.93. The highest BCUT2D eigenvalue weighted by molar-refractivity contribution is 7.20. The molecule has 0 bridgehead atoms. The second kappa shape index (κ2) is 2.56. The number of hydrogen-bond donors (Lipinski definition) is 1. The standard InChI is InChI=1S/C8H8N2O2S/c1-4-7-5(9-10(4)2)3-6(13-7)8(11)12/h3H,1-2H3,(H,11,12). The molecule has 0 spiro atoms. The fraction of sp³-hybridized carbons (Fsp3) is 0.250. The quantitative estimate of drug-likeness (QED) is 0.754. The molecule has 2 heterocycles. The van der Waals surface area contributed by atoms with Crippen molar-refractivity contribution in [2.45, 2.75) is 6.92 Å². The van der Waals surface area contributed by atoms with Gasteiger partial charge in [-0.2, -0.15) is 5.10 Å². The number of carbonyl (C=O) groups is 1. The van der Waals surface area contributed by atoms with E-state index in [9.17, 15) is 4.79 Å². The van der Waals surface area contributed by atoms with Gasteiger partial charge in [0.05, 0.1) is 10.4 Å². The van der Waals surface area contributed by atoms with Crippen molar-refractivity contribution in [2.24, 2.45) is 7.05 Å². The maximum atomic E-state index is 10.6. The molecule has 68 valence electrons. The normalized spacial score (nSPS) is 10.9. The van der Waals surface area contributed by atoms with Crippen molar-refractivity contribution >= 4 is 27.5 Å². The van der Waals surface area contributed by atoms with Gasteiger partial charge in [-0.3, -0.25) is 4.68 Å². The summed E-state index contributed by atoms with van der Waals surface area (Å²) in [5.74, 6) is -0.884. The number of aryl methyl sites for hydroxylation is 2. The van der Waals surface area contributed by atoms with Gasteiger partial charge in [-0.05, 0) is 13.0 Å². The van der Waals surface area contributed by atoms with Crippen molar-refractivity contribution in [3.63, 3.8) is 0 Å². The molecule has 0 radical (unpaired) electrons. The average molecular weight is 196 g/mol. The van der Waals surface area contributed by atoms with E-state index in [0.717, 1.165) is 15.9 Å². The van der Waals surface area contributed by atoms with Gasteiger partial charge in [-0.15, -0.1) is 11.3 Å². The van der Waals surface area contributed by atoms with Crippen molar-refractivity contribution in [1.29, 1.82) is 0 Å². The molecular weight excluding hydrogens is 188 g/mol. The summed E-state index contributed by atoms with van der Waals surface area (Å²) >= 11 is 1.27. The summed E-state index contributed by atoms with van der Waals surface area (Å²) in [5.41, 5.74) is 1.77. The third-order valence-corrected chi connectivity index (χ3v) is 3.22. The van der Waals surface area contributed by atoms with Crippen molar-refractivity contribution in [2.75, 3.05) is 0 Å². The van der Waals surface area contributed by atoms with Crippen LogP contribution in [-0.4, -0.2) is 20.9 Å². The van der Waals surface area contributed by atoms with E-state index in [0.29, 0.717) is 4.88 Å². The van der Waals surface area contributed by atoms with E-state index in [2.05, 4.69) is 5.10 Å². The molecule has 5 heteroatoms. The number of carboxylic acid groups (broad SMARTS) is 1. The number of thiophene rings is 1. The summed E-state index contributed by atoms with van der Waals surface area (Å²) in [4.78, 5) is 11.0. The number of hydrogen-bond acceptors (Lipinski definition) is 3. The molecule has 0 aliphatic rings. The molecule has 2 aromatic rings. The Kier molecular flexibility index (Phi) is 1.63. The fourth-order valence-corrected chi connectivity index (χ4v) is 2.17. The van der Waals surface area contributed by atoms with Crippen LogP contribution in [0.4, 0.5) is 0 Å². The van der Waals surface area contributed by atoms with E-state index in [4.69, 9.17) is 5.11 Å². The smallest absolute Gasteiger partial charge is 0.345 e. The molecular formula is C8H8N2O2S. The number of rotatable bonds is 1. The lowest BCUT2D eigenvalue weighted by molar-refractivity contribution is 0.0702. The minimum absolute atomic E-state index is 0.348. The summed E-state index contributed by atoms with van der Waals surface area (Å²) in [6.45, 7) is 1.93. The molecule has 2 aromatic heterocycles. The zero-order chi connectivity index (χ0) is 9.59. The largest absolute Gasteiger partial charge is 0.477 e. The molecule has 0 aromatic carbocycles. The van der Waals surface area contributed by atoms with Crippen LogP contribution in [0.15, 0.2) is 6.07 Å². The summed E-state index contributed by atoms with van der Waals surface area (Å²) < 4.78 is 2.71. The molecule has 0 unspecified atom stereocenters. The van der Waals surface area contributed by atoms with E-state index in [1.54, 1.807) is 10.7 Å². The second-order valence-electron chi connectivity index (χ2n) is 2.84. The topological polar surface area (TPSA) is 55.1 Å². The van der Waals surface area contributed by atoms with Crippen LogP contribution in [0.3, 0.4) is 0 Å². The highest BCUT2D eigenvalue weighted by atomic mass is 32.1. The van der Waals surface area contributed by atoms with Crippen LogP contribution in [-0.2, 0) is 7.05 Å². The Morgan fingerprint density at radius 3 is 2.92 bits per heavy atom. The molecule has 13 heavy (non-hydrogen) atoms. The number of nitrogens with zero attached hydrogens (tertiary/aromatic N) is 2. The minimum atomic E-state index is -0.884. The van der Waals surface area contributed by atoms with Crippen molar-refractivity contribution < 1.29 is 9.90 Å². The van der Waals surface area contributed by atoms with Crippen LogP contribution in [0.25, 0.3) is 10.2 Å². The first-order chi connectivity index (χ1) is 6.09. The highest BCUT2D eigenvalue weighted by Crippen LogP contribution is 2.27. The SMILES string of the molecule is Cc1c2sc(C(=O)O)cc2nn1C. The third-order valence-electron chi connectivity index (χ3n) is 2.00. The van der Waals surface area contributed by atoms with Gasteiger partial charge in [0.25, 0.3) is 0 Å². The second-order valence-corrected chi connectivity index (χ2v) is 3.89. The number of aromatic carboxylic acids is 1. The Morgan fingerprint density at radius 1 is 1.69 bits per heavy atom. The number of aromatic nitrogens is 2. The van der Waals surface area contributed by atoms with E-state index in [1.807, 2.05) is 14.0 Å². The Balaban J connectivity index is 2.72. The fourth-order valence-electron chi connectivity index (χ4n) is 1.20. The monoisotopic (exact) mass is 196 g/mol. The zero-order valence-electron chi connectivity index (χ0n) is 7.24. The first kappa shape index (κ1) is 8.25. The molecule has 0 saturated heterocycles. The Bertz CT molecular complexity index is 484. The van der Waals surface area contributed by atoms with Gasteiger partial charge in [0.2, 0.25) is 0 Å². The van der Waals surface area contributed by atoms with Gasteiger partial charge in [0.15, 0.2) is 0 Å². The van der Waals surface area contributed by atoms with Crippen molar-refractivity contribution in [1.82, 2.24) is 9.78 Å². The van der Waals surface area contributed by atoms with Gasteiger partial charge in [-0.25, -0.2) is 4.79 Å². The van der Waals surface area contributed by atoms with Crippen LogP contribution in [0.2, 0.25) is 0 Å². The lowest BCUT2D eigenvalue weighted by atomic mass is 10.4. The molecule has 0 atom stereocenters. The van der Waals surface area contributed by atoms with Crippen LogP contribution < -0.4 is 0 Å². The highest BCUT2D eigenvalue weighted by Gasteiger charge is 2.13. The summed E-state index contributed by atoms with van der Waals surface area (Å²) in [6, 6.07) is 1.61. The molecule has 4 nitrogen and oxygen atoms in total. The first-order valence-corrected chi connectivity index (χ1v) is 4.57. The molecule has 0 amide bonds. The van der Waals surface area contributed by atoms with Crippen LogP contribution in [0.1, 0.15) is 15.4 Å². The zero-order valence-corrected chi connectivity index (χ0v) is 8.05. The number of fused-ring (bicyclic) bond motifs is 1. The van der Waals surface area contributed by atoms with E-state index < -0.39 is 5.97 Å². The minimum Gasteiger partial charge on any atom is -0.477 e. The first-order valence-electron chi connectivity index (χ1n) is 3.76. The van der Waals surface area contributed by atoms with E-state index in [1.165, 1.54) is 11.3 Å². The van der Waals surface area contributed by atoms with Crippen molar-refractivity contribution in [3.8, 4) is 0 Å². The summed E-state index contributed by atoms with van der Waals surface area (Å²) in [7, 11) is 1.85. The Hall–Kier alpha value is -1.36. The van der Waals surface area contributed by atoms with Gasteiger partial charge in [0.1, 0.15) is 10.4 Å². The Morgan fingerprint density at radius 2 is 2.38 bits per heavy atom. The molecule has 1 N–H and O–H groups in total. The summed E-state index contributed by atoms with van der Waals surface area (Å²) in [6.07, 6.45) is 0. The van der Waals surface area contributed by atoms with Gasteiger partial charge >= 0.3 is 5.97 Å². The molecule has 0 aliphatic carbocycles. The van der Waals surface area contributed by atoms with Crippen LogP contribution in [0, 0.1) is 6.92 Å². The molecule has 0 fully saturated rings. The molecule has 0 aliphatic heterocycles. The third kappa shape index (κ3) is 1.12. The average Bonchev–Trinajstić information content (AvgIpc) is 2.55. The van der Waals surface area contributed by atoms with Crippen molar-refractivity contribution in [3.05, 3.63) is 16.6 Å². The van der Waals surface area contributed by atoms with Gasteiger partial charge < -0.3 is 5.11 Å². The van der Waals surface area contributed by atoms with Crippen LogP contribution in [0.5, 0.6) is 0 Å². The predicted molar refractivity (Wildman–Crippen MR) is 50.3 cm³/mol. The maximum Gasteiger partial charge on any atom is 0.345 e. The Labute approximate surface area is 78.4 Å². The van der Waals surface area contributed by atoms with E-state index in [-0.39, 0.29) is 0 Å². The van der Waals surface area contributed by atoms with Crippen LogP contribution >= 0.6 is 11.3 Å². The predicted octanol–water partition coefficient (Wildman–Crippen LogP) is 1.64.